The summed E-state index contributed by atoms with van der Waals surface area (Å²) in [5, 5.41) is 9.57. The van der Waals surface area contributed by atoms with E-state index in [-0.39, 0.29) is 12.5 Å². The molecule has 2 rings (SSSR count). The second-order valence-corrected chi connectivity index (χ2v) is 6.19. The average molecular weight is 319 g/mol. The summed E-state index contributed by atoms with van der Waals surface area (Å²) in [6, 6.07) is 8.57. The standard InChI is InChI=1S/C18H25NO4/c1-19(18(22)23-13-14-9-5-4-6-10-14)16(17(20)21)15-11-7-2-3-8-12-15/h4-6,9-10,15-16H,2-3,7-8,11-13H2,1H3,(H,20,21). The zero-order valence-electron chi connectivity index (χ0n) is 13.6. The highest BCUT2D eigenvalue weighted by atomic mass is 16.6. The maximum absolute atomic E-state index is 12.2. The smallest absolute Gasteiger partial charge is 0.410 e. The Kier molecular flexibility index (Phi) is 6.44. The van der Waals surface area contributed by atoms with E-state index in [1.54, 1.807) is 0 Å². The fraction of sp³-hybridized carbons (Fsp3) is 0.556. The number of likely N-dealkylation sites (N-methyl/N-ethyl adjacent to an activating group) is 1. The number of rotatable bonds is 5. The van der Waals surface area contributed by atoms with Gasteiger partial charge in [0, 0.05) is 7.05 Å². The number of amides is 1. The van der Waals surface area contributed by atoms with Crippen LogP contribution in [0.5, 0.6) is 0 Å². The van der Waals surface area contributed by atoms with E-state index >= 15 is 0 Å². The van der Waals surface area contributed by atoms with E-state index in [1.807, 2.05) is 30.3 Å². The molecule has 1 aromatic rings. The molecule has 0 bridgehead atoms. The van der Waals surface area contributed by atoms with Crippen molar-refractivity contribution in [1.82, 2.24) is 4.90 Å². The molecule has 1 aliphatic carbocycles. The number of benzene rings is 1. The van der Waals surface area contributed by atoms with Crippen molar-refractivity contribution in [2.24, 2.45) is 5.92 Å². The van der Waals surface area contributed by atoms with Crippen LogP contribution in [0, 0.1) is 5.92 Å². The van der Waals surface area contributed by atoms with Gasteiger partial charge >= 0.3 is 12.1 Å². The van der Waals surface area contributed by atoms with E-state index in [0.29, 0.717) is 0 Å². The Balaban J connectivity index is 1.97. The molecule has 0 heterocycles. The molecule has 1 N–H and O–H groups in total. The van der Waals surface area contributed by atoms with Gasteiger partial charge in [0.15, 0.2) is 0 Å². The van der Waals surface area contributed by atoms with Crippen LogP contribution in [0.1, 0.15) is 44.1 Å². The molecule has 1 aromatic carbocycles. The number of carboxylic acid groups (broad SMARTS) is 1. The van der Waals surface area contributed by atoms with E-state index in [0.717, 1.165) is 44.1 Å². The van der Waals surface area contributed by atoms with Crippen molar-refractivity contribution in [2.45, 2.75) is 51.2 Å². The van der Waals surface area contributed by atoms with E-state index in [4.69, 9.17) is 4.74 Å². The molecule has 0 saturated heterocycles. The summed E-state index contributed by atoms with van der Waals surface area (Å²) in [7, 11) is 1.52. The first-order chi connectivity index (χ1) is 11.1. The van der Waals surface area contributed by atoms with Crippen LogP contribution in [0.2, 0.25) is 0 Å². The third kappa shape index (κ3) is 4.98. The van der Waals surface area contributed by atoms with Crippen LogP contribution in [0.15, 0.2) is 30.3 Å². The highest BCUT2D eigenvalue weighted by Crippen LogP contribution is 2.28. The molecule has 5 nitrogen and oxygen atoms in total. The summed E-state index contributed by atoms with van der Waals surface area (Å²) < 4.78 is 5.27. The molecule has 1 unspecified atom stereocenters. The first-order valence-electron chi connectivity index (χ1n) is 8.26. The van der Waals surface area contributed by atoms with Gasteiger partial charge in [-0.25, -0.2) is 9.59 Å². The van der Waals surface area contributed by atoms with E-state index in [9.17, 15) is 14.7 Å². The lowest BCUT2D eigenvalue weighted by molar-refractivity contribution is -0.144. The highest BCUT2D eigenvalue weighted by molar-refractivity contribution is 5.80. The molecule has 0 spiro atoms. The number of ether oxygens (including phenoxy) is 1. The van der Waals surface area contributed by atoms with E-state index in [1.165, 1.54) is 11.9 Å². The number of hydrogen-bond donors (Lipinski definition) is 1. The molecule has 5 heteroatoms. The zero-order chi connectivity index (χ0) is 16.7. The lowest BCUT2D eigenvalue weighted by atomic mass is 9.91. The third-order valence-corrected chi connectivity index (χ3v) is 4.51. The van der Waals surface area contributed by atoms with Gasteiger partial charge in [0.1, 0.15) is 12.6 Å². The number of carboxylic acids is 1. The quantitative estimate of drug-likeness (QED) is 0.841. The van der Waals surface area contributed by atoms with Crippen LogP contribution in [0.3, 0.4) is 0 Å². The van der Waals surface area contributed by atoms with Crippen molar-refractivity contribution < 1.29 is 19.4 Å². The van der Waals surface area contributed by atoms with Gasteiger partial charge in [0.2, 0.25) is 0 Å². The molecule has 0 aliphatic heterocycles. The largest absolute Gasteiger partial charge is 0.480 e. The number of hydrogen-bond acceptors (Lipinski definition) is 3. The molecule has 23 heavy (non-hydrogen) atoms. The van der Waals surface area contributed by atoms with E-state index in [2.05, 4.69) is 0 Å². The van der Waals surface area contributed by atoms with Crippen LogP contribution in [0.25, 0.3) is 0 Å². The minimum atomic E-state index is -0.948. The Bertz CT molecular complexity index is 509. The number of carbonyl (C=O) groups is 2. The summed E-state index contributed by atoms with van der Waals surface area (Å²) in [6.45, 7) is 0.154. The Labute approximate surface area is 137 Å². The number of nitrogens with zero attached hydrogens (tertiary/aromatic N) is 1. The van der Waals surface area contributed by atoms with Crippen molar-refractivity contribution in [2.75, 3.05) is 7.05 Å². The topological polar surface area (TPSA) is 66.8 Å². The van der Waals surface area contributed by atoms with Gasteiger partial charge in [-0.3, -0.25) is 4.90 Å². The minimum Gasteiger partial charge on any atom is -0.480 e. The fourth-order valence-corrected chi connectivity index (χ4v) is 3.24. The molecular weight excluding hydrogens is 294 g/mol. The molecule has 0 aromatic heterocycles. The van der Waals surface area contributed by atoms with Gasteiger partial charge < -0.3 is 9.84 Å². The molecule has 1 atom stereocenters. The summed E-state index contributed by atoms with van der Waals surface area (Å²) in [6.07, 6.45) is 5.48. The van der Waals surface area contributed by atoms with Gasteiger partial charge in [-0.2, -0.15) is 0 Å². The molecule has 1 saturated carbocycles. The summed E-state index contributed by atoms with van der Waals surface area (Å²) in [4.78, 5) is 25.2. The number of aliphatic carboxylic acids is 1. The first kappa shape index (κ1) is 17.3. The maximum atomic E-state index is 12.2. The monoisotopic (exact) mass is 319 g/mol. The predicted octanol–water partition coefficient (Wildman–Crippen LogP) is 3.68. The van der Waals surface area contributed by atoms with Crippen molar-refractivity contribution in [3.8, 4) is 0 Å². The van der Waals surface area contributed by atoms with Gasteiger partial charge in [0.05, 0.1) is 0 Å². The van der Waals surface area contributed by atoms with Crippen LogP contribution in [0.4, 0.5) is 4.79 Å². The maximum Gasteiger partial charge on any atom is 0.410 e. The molecule has 1 aliphatic rings. The van der Waals surface area contributed by atoms with Crippen molar-refractivity contribution in [3.63, 3.8) is 0 Å². The van der Waals surface area contributed by atoms with Crippen molar-refractivity contribution in [3.05, 3.63) is 35.9 Å². The van der Waals surface area contributed by atoms with Gasteiger partial charge in [-0.1, -0.05) is 56.0 Å². The molecule has 0 radical (unpaired) electrons. The van der Waals surface area contributed by atoms with E-state index < -0.39 is 18.1 Å². The molecule has 126 valence electrons. The number of carbonyl (C=O) groups excluding carboxylic acids is 1. The lowest BCUT2D eigenvalue weighted by Crippen LogP contribution is -2.47. The van der Waals surface area contributed by atoms with Crippen molar-refractivity contribution >= 4 is 12.1 Å². The Morgan fingerprint density at radius 2 is 1.78 bits per heavy atom. The van der Waals surface area contributed by atoms with Gasteiger partial charge in [0.25, 0.3) is 0 Å². The van der Waals surface area contributed by atoms with Gasteiger partial charge in [-0.15, -0.1) is 0 Å². The Morgan fingerprint density at radius 3 is 2.35 bits per heavy atom. The third-order valence-electron chi connectivity index (χ3n) is 4.51. The summed E-state index contributed by atoms with van der Waals surface area (Å²) >= 11 is 0. The van der Waals surface area contributed by atoms with Crippen LogP contribution < -0.4 is 0 Å². The second kappa shape index (κ2) is 8.56. The molecule has 1 amide bonds. The normalized spacial score (nSPS) is 17.1. The Morgan fingerprint density at radius 1 is 1.17 bits per heavy atom. The van der Waals surface area contributed by atoms with Crippen LogP contribution in [-0.2, 0) is 16.1 Å². The zero-order valence-corrected chi connectivity index (χ0v) is 13.6. The SMILES string of the molecule is CN(C(=O)OCc1ccccc1)C(C(=O)O)C1CCCCCC1. The van der Waals surface area contributed by atoms with Crippen LogP contribution in [-0.4, -0.2) is 35.2 Å². The minimum absolute atomic E-state index is 0.00396. The van der Waals surface area contributed by atoms with Gasteiger partial charge in [-0.05, 0) is 24.3 Å². The average Bonchev–Trinajstić information content (AvgIpc) is 2.82. The summed E-state index contributed by atoms with van der Waals surface area (Å²) in [5.74, 6) is -0.944. The predicted molar refractivity (Wildman–Crippen MR) is 87.0 cm³/mol. The molecular formula is C18H25NO4. The Hall–Kier alpha value is -2.04. The second-order valence-electron chi connectivity index (χ2n) is 6.19. The highest BCUT2D eigenvalue weighted by Gasteiger charge is 2.35. The van der Waals surface area contributed by atoms with Crippen LogP contribution >= 0.6 is 0 Å². The van der Waals surface area contributed by atoms with Crippen molar-refractivity contribution in [1.29, 1.82) is 0 Å². The summed E-state index contributed by atoms with van der Waals surface area (Å²) in [5.41, 5.74) is 0.885. The molecule has 1 fully saturated rings. The first-order valence-corrected chi connectivity index (χ1v) is 8.26. The lowest BCUT2D eigenvalue weighted by Gasteiger charge is -2.30. The fourth-order valence-electron chi connectivity index (χ4n) is 3.24.